The summed E-state index contributed by atoms with van der Waals surface area (Å²) in [6.07, 6.45) is -1.66. The van der Waals surface area contributed by atoms with Crippen LogP contribution >= 0.6 is 0 Å². The van der Waals surface area contributed by atoms with Crippen molar-refractivity contribution in [2.45, 2.75) is 31.1 Å². The van der Waals surface area contributed by atoms with E-state index in [1.54, 1.807) is 0 Å². The largest absolute Gasteiger partial charge is 0.760 e. The number of benzene rings is 2. The van der Waals surface area contributed by atoms with E-state index in [2.05, 4.69) is 43.2 Å². The standard InChI is InChI=1S/C21H22N6O5S/c28-17-15(9-26-33(30)31)32-21(18(17)29)27-11-25-16-19(23-10-24-20(16)27)22-8-13-6-3-5-12-4-1-2-7-14(12)13/h1-7,10-11,15,17-18,21,26,28-29H,8-9H2,(H,30,31)(H,22,23,24)/p-1/t15-,17-,18-,21-/m1/s1. The Kier molecular flexibility index (Phi) is 6.01. The van der Waals surface area contributed by atoms with Crippen molar-refractivity contribution in [3.8, 4) is 0 Å². The van der Waals surface area contributed by atoms with Crippen LogP contribution in [0.1, 0.15) is 11.8 Å². The molecule has 172 valence electrons. The Labute approximate surface area is 190 Å². The summed E-state index contributed by atoms with van der Waals surface area (Å²) in [6.45, 7) is 0.339. The van der Waals surface area contributed by atoms with E-state index in [0.717, 1.165) is 16.3 Å². The van der Waals surface area contributed by atoms with E-state index in [1.807, 2.05) is 24.3 Å². The lowest BCUT2D eigenvalue weighted by Gasteiger charge is -2.17. The van der Waals surface area contributed by atoms with Gasteiger partial charge >= 0.3 is 0 Å². The Balaban J connectivity index is 1.39. The maximum atomic E-state index is 10.8. The number of ether oxygens (including phenoxy) is 1. The average molecular weight is 470 g/mol. The third-order valence-corrected chi connectivity index (χ3v) is 6.10. The summed E-state index contributed by atoms with van der Waals surface area (Å²) in [7, 11) is 0. The van der Waals surface area contributed by atoms with Crippen LogP contribution in [0.5, 0.6) is 0 Å². The molecule has 0 amide bonds. The van der Waals surface area contributed by atoms with Gasteiger partial charge in [-0.05, 0) is 16.3 Å². The molecule has 0 bridgehead atoms. The fourth-order valence-corrected chi connectivity index (χ4v) is 4.37. The van der Waals surface area contributed by atoms with Gasteiger partial charge in [0, 0.05) is 24.4 Å². The number of fused-ring (bicyclic) bond motifs is 2. The molecule has 5 rings (SSSR count). The molecule has 1 aliphatic heterocycles. The lowest BCUT2D eigenvalue weighted by molar-refractivity contribution is -0.0330. The summed E-state index contributed by atoms with van der Waals surface area (Å²) in [4.78, 5) is 13.0. The normalized spacial score (nSPS) is 23.8. The Morgan fingerprint density at radius 3 is 2.76 bits per heavy atom. The second kappa shape index (κ2) is 9.09. The summed E-state index contributed by atoms with van der Waals surface area (Å²) < 4.78 is 30.9. The van der Waals surface area contributed by atoms with Gasteiger partial charge in [0.05, 0.1) is 6.33 Å². The number of aliphatic hydroxyl groups is 2. The van der Waals surface area contributed by atoms with Crippen LogP contribution in [0.15, 0.2) is 55.1 Å². The molecule has 1 unspecified atom stereocenters. The zero-order valence-electron chi connectivity index (χ0n) is 17.2. The van der Waals surface area contributed by atoms with Crippen LogP contribution in [0, 0.1) is 0 Å². The molecule has 11 nitrogen and oxygen atoms in total. The minimum absolute atomic E-state index is 0.176. The number of aromatic nitrogens is 4. The van der Waals surface area contributed by atoms with E-state index in [9.17, 15) is 19.0 Å². The van der Waals surface area contributed by atoms with E-state index in [0.29, 0.717) is 23.5 Å². The van der Waals surface area contributed by atoms with Crippen molar-refractivity contribution in [1.29, 1.82) is 0 Å². The molecule has 5 atom stereocenters. The van der Waals surface area contributed by atoms with Crippen molar-refractivity contribution >= 4 is 39.0 Å². The fourth-order valence-electron chi connectivity index (χ4n) is 4.07. The molecule has 1 aliphatic rings. The second-order valence-corrected chi connectivity index (χ2v) is 8.43. The molecule has 4 N–H and O–H groups in total. The Bertz CT molecular complexity index is 1310. The van der Waals surface area contributed by atoms with Crippen molar-refractivity contribution in [2.75, 3.05) is 11.9 Å². The van der Waals surface area contributed by atoms with Gasteiger partial charge in [-0.25, -0.2) is 19.7 Å². The summed E-state index contributed by atoms with van der Waals surface area (Å²) in [5.41, 5.74) is 1.98. The monoisotopic (exact) mass is 469 g/mol. The summed E-state index contributed by atoms with van der Waals surface area (Å²) in [5, 5.41) is 26.3. The Morgan fingerprint density at radius 2 is 1.91 bits per heavy atom. The van der Waals surface area contributed by atoms with Crippen LogP contribution in [0.25, 0.3) is 21.9 Å². The first-order chi connectivity index (χ1) is 16.0. The van der Waals surface area contributed by atoms with Crippen LogP contribution in [-0.4, -0.2) is 63.4 Å². The van der Waals surface area contributed by atoms with Crippen molar-refractivity contribution in [2.24, 2.45) is 0 Å². The smallest absolute Gasteiger partial charge is 0.167 e. The predicted molar refractivity (Wildman–Crippen MR) is 119 cm³/mol. The minimum atomic E-state index is -2.51. The summed E-state index contributed by atoms with van der Waals surface area (Å²) in [6, 6.07) is 14.2. The van der Waals surface area contributed by atoms with Crippen LogP contribution in [0.2, 0.25) is 0 Å². The van der Waals surface area contributed by atoms with Gasteiger partial charge in [-0.2, -0.15) is 0 Å². The molecular weight excluding hydrogens is 448 g/mol. The SMILES string of the molecule is O=S([O-])NC[C@H]1O[C@@H](n2cnc3c(NCc4cccc5ccccc45)ncnc32)[C@H](O)[C@@H]1O. The molecule has 0 aliphatic carbocycles. The minimum Gasteiger partial charge on any atom is -0.760 e. The molecule has 2 aromatic heterocycles. The zero-order valence-corrected chi connectivity index (χ0v) is 18.1. The lowest BCUT2D eigenvalue weighted by atomic mass is 10.0. The Hall–Kier alpha value is -3.00. The number of aliphatic hydroxyl groups excluding tert-OH is 2. The molecule has 12 heteroatoms. The van der Waals surface area contributed by atoms with Crippen molar-refractivity contribution in [3.63, 3.8) is 0 Å². The van der Waals surface area contributed by atoms with Crippen molar-refractivity contribution in [1.82, 2.24) is 24.2 Å². The van der Waals surface area contributed by atoms with E-state index < -0.39 is 35.8 Å². The van der Waals surface area contributed by atoms with E-state index >= 15 is 0 Å². The summed E-state index contributed by atoms with van der Waals surface area (Å²) in [5.74, 6) is 0.514. The third-order valence-electron chi connectivity index (χ3n) is 5.70. The van der Waals surface area contributed by atoms with Crippen molar-refractivity contribution < 1.29 is 23.7 Å². The van der Waals surface area contributed by atoms with Gasteiger partial charge < -0.3 is 24.8 Å². The highest BCUT2D eigenvalue weighted by Gasteiger charge is 2.44. The number of anilines is 1. The molecule has 0 spiro atoms. The highest BCUT2D eigenvalue weighted by Crippen LogP contribution is 2.32. The van der Waals surface area contributed by atoms with Crippen LogP contribution in [0.4, 0.5) is 5.82 Å². The summed E-state index contributed by atoms with van der Waals surface area (Å²) >= 11 is -2.51. The molecule has 2 aromatic carbocycles. The molecule has 1 fully saturated rings. The molecule has 0 saturated carbocycles. The molecule has 33 heavy (non-hydrogen) atoms. The zero-order chi connectivity index (χ0) is 22.9. The molecule has 3 heterocycles. The van der Waals surface area contributed by atoms with Gasteiger partial charge in [0.25, 0.3) is 0 Å². The first kappa shape index (κ1) is 21.8. The highest BCUT2D eigenvalue weighted by atomic mass is 32.2. The maximum Gasteiger partial charge on any atom is 0.167 e. The van der Waals surface area contributed by atoms with Crippen LogP contribution in [-0.2, 0) is 22.5 Å². The van der Waals surface area contributed by atoms with Gasteiger partial charge in [0.15, 0.2) is 23.2 Å². The first-order valence-corrected chi connectivity index (χ1v) is 11.3. The average Bonchev–Trinajstić information content (AvgIpc) is 3.37. The van der Waals surface area contributed by atoms with Crippen LogP contribution in [0.3, 0.4) is 0 Å². The Morgan fingerprint density at radius 1 is 1.09 bits per heavy atom. The number of nitrogens with one attached hydrogen (secondary N) is 2. The second-order valence-electron chi connectivity index (χ2n) is 7.67. The van der Waals surface area contributed by atoms with Gasteiger partial charge in [-0.3, -0.25) is 8.78 Å². The highest BCUT2D eigenvalue weighted by molar-refractivity contribution is 7.77. The molecule has 1 saturated heterocycles. The predicted octanol–water partition coefficient (Wildman–Crippen LogP) is 0.594. The number of rotatable bonds is 7. The van der Waals surface area contributed by atoms with E-state index in [4.69, 9.17) is 4.74 Å². The lowest BCUT2D eigenvalue weighted by Crippen LogP contribution is -2.38. The van der Waals surface area contributed by atoms with Crippen molar-refractivity contribution in [3.05, 3.63) is 60.7 Å². The third kappa shape index (κ3) is 4.19. The topological polar surface area (TPSA) is 157 Å². The number of hydrogen-bond acceptors (Lipinski definition) is 9. The van der Waals surface area contributed by atoms with Gasteiger partial charge in [-0.15, -0.1) is 0 Å². The molecular formula is C21H21N6O5S-. The van der Waals surface area contributed by atoms with Gasteiger partial charge in [0.1, 0.15) is 24.6 Å². The number of hydrogen-bond donors (Lipinski definition) is 4. The van der Waals surface area contributed by atoms with Crippen LogP contribution < -0.4 is 10.0 Å². The van der Waals surface area contributed by atoms with E-state index in [-0.39, 0.29) is 6.54 Å². The fraction of sp³-hybridized carbons (Fsp3) is 0.286. The van der Waals surface area contributed by atoms with E-state index in [1.165, 1.54) is 17.2 Å². The van der Waals surface area contributed by atoms with Gasteiger partial charge in [0.2, 0.25) is 0 Å². The molecule has 4 aromatic rings. The quantitative estimate of drug-likeness (QED) is 0.284. The first-order valence-electron chi connectivity index (χ1n) is 10.3. The maximum absolute atomic E-state index is 10.8. The van der Waals surface area contributed by atoms with Gasteiger partial charge in [-0.1, -0.05) is 42.5 Å². The number of nitrogens with zero attached hydrogens (tertiary/aromatic N) is 4. The molecule has 0 radical (unpaired) electrons. The number of imidazole rings is 1.